The van der Waals surface area contributed by atoms with Crippen LogP contribution >= 0.6 is 0 Å². The van der Waals surface area contributed by atoms with Crippen LogP contribution in [-0.2, 0) is 23.7 Å². The van der Waals surface area contributed by atoms with Gasteiger partial charge in [0.25, 0.3) is 0 Å². The maximum absolute atomic E-state index is 12.7. The molecule has 0 radical (unpaired) electrons. The second-order valence-corrected chi connectivity index (χ2v) is 17.5. The molecule has 0 aromatic carbocycles. The van der Waals surface area contributed by atoms with E-state index >= 15 is 0 Å². The molecule has 1 heterocycles. The van der Waals surface area contributed by atoms with Gasteiger partial charge in [-0.15, -0.1) is 0 Å². The van der Waals surface area contributed by atoms with Gasteiger partial charge in [-0.2, -0.15) is 0 Å². The van der Waals surface area contributed by atoms with Crippen LogP contribution in [-0.4, -0.2) is 78.4 Å². The summed E-state index contributed by atoms with van der Waals surface area (Å²) in [6, 6.07) is 0. The first-order valence-corrected chi connectivity index (χ1v) is 17.6. The number of aliphatic hydroxyl groups excluding tert-OH is 3. The van der Waals surface area contributed by atoms with Crippen LogP contribution < -0.4 is 0 Å². The van der Waals surface area contributed by atoms with E-state index in [4.69, 9.17) is 18.9 Å². The lowest BCUT2D eigenvalue weighted by molar-refractivity contribution is -0.245. The highest BCUT2D eigenvalue weighted by Crippen LogP contribution is 2.91. The Bertz CT molecular complexity index is 1190. The molecule has 8 heteroatoms. The molecule has 6 fully saturated rings. The van der Waals surface area contributed by atoms with Crippen molar-refractivity contribution < 1.29 is 39.1 Å². The van der Waals surface area contributed by atoms with E-state index in [1.807, 2.05) is 13.8 Å². The van der Waals surface area contributed by atoms with E-state index in [1.165, 1.54) is 7.11 Å². The monoisotopic (exact) mass is 632 g/mol. The topological polar surface area (TPSA) is 115 Å². The lowest BCUT2D eigenvalue weighted by atomic mass is 9.37. The predicted molar refractivity (Wildman–Crippen MR) is 170 cm³/mol. The van der Waals surface area contributed by atoms with E-state index in [0.29, 0.717) is 18.3 Å². The summed E-state index contributed by atoms with van der Waals surface area (Å²) in [6.07, 6.45) is 8.05. The third-order valence-corrected chi connectivity index (χ3v) is 15.4. The quantitative estimate of drug-likeness (QED) is 0.241. The van der Waals surface area contributed by atoms with Crippen molar-refractivity contribution in [3.05, 3.63) is 11.6 Å². The number of aliphatic hydroxyl groups is 3. The van der Waals surface area contributed by atoms with Crippen LogP contribution in [0.1, 0.15) is 106 Å². The number of ether oxygens (including phenoxy) is 4. The molecule has 45 heavy (non-hydrogen) atoms. The third kappa shape index (κ3) is 4.47. The molecule has 8 nitrogen and oxygen atoms in total. The minimum atomic E-state index is -1.10. The Morgan fingerprint density at radius 2 is 1.76 bits per heavy atom. The first-order chi connectivity index (χ1) is 21.0. The van der Waals surface area contributed by atoms with E-state index in [9.17, 15) is 20.1 Å². The molecule has 1 aliphatic heterocycles. The second kappa shape index (κ2) is 11.0. The van der Waals surface area contributed by atoms with Crippen LogP contribution in [0.2, 0.25) is 0 Å². The van der Waals surface area contributed by atoms with Crippen molar-refractivity contribution in [1.29, 1.82) is 0 Å². The molecule has 0 spiro atoms. The predicted octanol–water partition coefficient (Wildman–Crippen LogP) is 5.41. The second-order valence-electron chi connectivity index (χ2n) is 17.5. The van der Waals surface area contributed by atoms with Gasteiger partial charge in [-0.25, -0.2) is 4.79 Å². The Balaban J connectivity index is 1.25. The summed E-state index contributed by atoms with van der Waals surface area (Å²) in [4.78, 5) is 12.7. The lowest BCUT2D eigenvalue weighted by Gasteiger charge is -2.68. The fraction of sp³-hybridized carbons (Fsp3) is 0.919. The molecule has 256 valence electrons. The molecule has 5 aliphatic carbocycles. The average molecular weight is 633 g/mol. The molecule has 0 aromatic heterocycles. The van der Waals surface area contributed by atoms with Gasteiger partial charge in [0.2, 0.25) is 0 Å². The molecule has 0 bridgehead atoms. The highest BCUT2D eigenvalue weighted by molar-refractivity contribution is 5.82. The zero-order valence-corrected chi connectivity index (χ0v) is 29.2. The Kier molecular flexibility index (Phi) is 8.27. The van der Waals surface area contributed by atoms with Crippen LogP contribution in [0.3, 0.4) is 0 Å². The lowest BCUT2D eigenvalue weighted by Crippen LogP contribution is -2.66. The zero-order valence-electron chi connectivity index (χ0n) is 29.2. The van der Waals surface area contributed by atoms with Gasteiger partial charge in [-0.05, 0) is 113 Å². The van der Waals surface area contributed by atoms with Crippen molar-refractivity contribution in [2.75, 3.05) is 20.8 Å². The molecular weight excluding hydrogens is 572 g/mol. The van der Waals surface area contributed by atoms with Crippen LogP contribution in [0.5, 0.6) is 0 Å². The van der Waals surface area contributed by atoms with E-state index in [0.717, 1.165) is 56.9 Å². The number of carbonyl (C=O) groups excluding carboxylic acids is 1. The average Bonchev–Trinajstić information content (AvgIpc) is 3.31. The molecular formula is C37H60O8. The number of fused-ring (bicyclic) bond motifs is 3. The molecule has 6 rings (SSSR count). The Morgan fingerprint density at radius 3 is 2.38 bits per heavy atom. The number of esters is 1. The van der Waals surface area contributed by atoms with Crippen LogP contribution in [0.4, 0.5) is 0 Å². The van der Waals surface area contributed by atoms with Gasteiger partial charge in [-0.1, -0.05) is 33.3 Å². The summed E-state index contributed by atoms with van der Waals surface area (Å²) in [5, 5.41) is 33.6. The van der Waals surface area contributed by atoms with Gasteiger partial charge in [-0.3, -0.25) is 0 Å². The van der Waals surface area contributed by atoms with E-state index in [2.05, 4.69) is 27.7 Å². The SMILES string of the molecule is CO[C@H]1O[C@@H]([C@H](O)[C@](C)(CO)OC)C[C@H]1[C@@H]1CC[C@]23C[C@]12CC[C@@H]1[C@@]2(C)CC[C@@H](OC(=O)C=C(C)C)C(C)(C)[C@@H]2C[C@@H](O)[C@]13C. The molecule has 5 saturated carbocycles. The summed E-state index contributed by atoms with van der Waals surface area (Å²) in [5.41, 5.74) is -0.260. The third-order valence-electron chi connectivity index (χ3n) is 15.4. The van der Waals surface area contributed by atoms with Crippen molar-refractivity contribution in [1.82, 2.24) is 0 Å². The summed E-state index contributed by atoms with van der Waals surface area (Å²) in [5.74, 6) is 0.965. The highest BCUT2D eigenvalue weighted by atomic mass is 16.7. The number of allylic oxidation sites excluding steroid dienone is 1. The highest BCUT2D eigenvalue weighted by Gasteiger charge is 2.86. The van der Waals surface area contributed by atoms with Crippen molar-refractivity contribution >= 4 is 5.97 Å². The maximum Gasteiger partial charge on any atom is 0.330 e. The minimum absolute atomic E-state index is 0.0636. The molecule has 0 unspecified atom stereocenters. The zero-order chi connectivity index (χ0) is 33.0. The van der Waals surface area contributed by atoms with E-state index < -0.39 is 30.2 Å². The van der Waals surface area contributed by atoms with E-state index in [-0.39, 0.29) is 57.6 Å². The smallest absolute Gasteiger partial charge is 0.330 e. The molecule has 0 aromatic rings. The van der Waals surface area contributed by atoms with E-state index in [1.54, 1.807) is 20.1 Å². The normalized spacial score (nSPS) is 49.9. The number of carbonyl (C=O) groups is 1. The van der Waals surface area contributed by atoms with Crippen molar-refractivity contribution in [2.45, 2.75) is 143 Å². The van der Waals surface area contributed by atoms with Gasteiger partial charge in [0.05, 0.1) is 18.8 Å². The van der Waals surface area contributed by atoms with Crippen molar-refractivity contribution in [2.24, 2.45) is 50.7 Å². The molecule has 0 amide bonds. The first kappa shape index (κ1) is 33.9. The summed E-state index contributed by atoms with van der Waals surface area (Å²) in [7, 11) is 3.21. The van der Waals surface area contributed by atoms with Crippen molar-refractivity contribution in [3.63, 3.8) is 0 Å². The van der Waals surface area contributed by atoms with Crippen LogP contribution in [0, 0.1) is 50.7 Å². The fourth-order valence-electron chi connectivity index (χ4n) is 13.0. The maximum atomic E-state index is 12.7. The molecule has 1 saturated heterocycles. The summed E-state index contributed by atoms with van der Waals surface area (Å²) < 4.78 is 23.9. The minimum Gasteiger partial charge on any atom is -0.459 e. The summed E-state index contributed by atoms with van der Waals surface area (Å²) in [6.45, 7) is 14.7. The van der Waals surface area contributed by atoms with Crippen molar-refractivity contribution in [3.8, 4) is 0 Å². The Hall–Kier alpha value is -1.03. The standard InChI is InChI=1S/C37H60O8/c1-21(2)16-29(40)45-28-12-13-33(5)25-11-14-36-19-37(36,35(25,7)27(39)18-26(33)32(28,3)4)15-10-23(36)22-17-24(44-31(22)42-8)30(41)34(6,20-38)43-9/h16,22-28,30-31,38-39,41H,10-15,17-20H2,1-9H3/t22-,23-,24+,25+,26-,27+,28+,30-,31-,33+,34-,35-,36+,37+/m0/s1. The number of hydrogen-bond donors (Lipinski definition) is 3. The van der Waals surface area contributed by atoms with Gasteiger partial charge in [0.15, 0.2) is 6.29 Å². The van der Waals surface area contributed by atoms with Gasteiger partial charge < -0.3 is 34.3 Å². The number of rotatable bonds is 8. The summed E-state index contributed by atoms with van der Waals surface area (Å²) >= 11 is 0. The van der Waals surface area contributed by atoms with Gasteiger partial charge in [0, 0.05) is 37.0 Å². The molecule has 14 atom stereocenters. The number of hydrogen-bond acceptors (Lipinski definition) is 8. The first-order valence-electron chi connectivity index (χ1n) is 17.6. The van der Waals surface area contributed by atoms with Crippen LogP contribution in [0.15, 0.2) is 11.6 Å². The molecule has 3 N–H and O–H groups in total. The number of methoxy groups -OCH3 is 2. The Morgan fingerprint density at radius 1 is 1.04 bits per heavy atom. The van der Waals surface area contributed by atoms with Gasteiger partial charge in [0.1, 0.15) is 17.8 Å². The Labute approximate surface area is 270 Å². The van der Waals surface area contributed by atoms with Crippen LogP contribution in [0.25, 0.3) is 0 Å². The largest absolute Gasteiger partial charge is 0.459 e. The fourth-order valence-corrected chi connectivity index (χ4v) is 13.0. The molecule has 6 aliphatic rings. The van der Waals surface area contributed by atoms with Gasteiger partial charge >= 0.3 is 5.97 Å².